The molecule has 0 aliphatic heterocycles. The number of rotatable bonds is 30. The highest BCUT2D eigenvalue weighted by Crippen LogP contribution is 2.46. The Hall–Kier alpha value is -2.51. The van der Waals surface area contributed by atoms with Crippen LogP contribution in [0.4, 0.5) is 0 Å². The van der Waals surface area contributed by atoms with Crippen molar-refractivity contribution in [3.63, 3.8) is 0 Å². The molecule has 0 spiro atoms. The Kier molecular flexibility index (Phi) is 22.9. The van der Waals surface area contributed by atoms with Gasteiger partial charge < -0.3 is 13.6 Å². The third kappa shape index (κ3) is 16.7. The molecule has 3 unspecified atom stereocenters. The molecule has 0 amide bonds. The molecular formula is C48H75O3P. The van der Waals surface area contributed by atoms with Gasteiger partial charge in [-0.1, -0.05) is 212 Å². The third-order valence-electron chi connectivity index (χ3n) is 11.1. The SMILES string of the molecule is CCCCCCC(CC)Cc1ccccc1OP(Oc1ccccc1CC(CC)CCCCCC)Oc1ccccc1CC(CC)CCCCCC. The number of hydrogen-bond donors (Lipinski definition) is 0. The first kappa shape index (κ1) is 43.9. The van der Waals surface area contributed by atoms with Gasteiger partial charge in [0.05, 0.1) is 0 Å². The molecule has 0 aliphatic rings. The lowest BCUT2D eigenvalue weighted by molar-refractivity contribution is 0.372. The van der Waals surface area contributed by atoms with Gasteiger partial charge in [0.15, 0.2) is 0 Å². The second-order valence-corrected chi connectivity index (χ2v) is 16.3. The van der Waals surface area contributed by atoms with Crippen molar-refractivity contribution < 1.29 is 13.6 Å². The van der Waals surface area contributed by atoms with Crippen LogP contribution in [-0.2, 0) is 19.3 Å². The van der Waals surface area contributed by atoms with Crippen LogP contribution in [0.5, 0.6) is 17.2 Å². The first-order valence-corrected chi connectivity index (χ1v) is 22.7. The van der Waals surface area contributed by atoms with E-state index < -0.39 is 8.60 Å². The second kappa shape index (κ2) is 27.1. The summed E-state index contributed by atoms with van der Waals surface area (Å²) in [5, 5.41) is 0. The number of hydrogen-bond acceptors (Lipinski definition) is 3. The summed E-state index contributed by atoms with van der Waals surface area (Å²) in [6.45, 7) is 13.9. The minimum absolute atomic E-state index is 0.641. The molecule has 3 rings (SSSR count). The van der Waals surface area contributed by atoms with E-state index in [0.717, 1.165) is 36.5 Å². The summed E-state index contributed by atoms with van der Waals surface area (Å²) in [5.41, 5.74) is 3.76. The van der Waals surface area contributed by atoms with Gasteiger partial charge in [-0.15, -0.1) is 0 Å². The average Bonchev–Trinajstić information content (AvgIpc) is 3.17. The van der Waals surface area contributed by atoms with E-state index in [0.29, 0.717) is 17.8 Å². The van der Waals surface area contributed by atoms with E-state index in [1.807, 2.05) is 0 Å². The van der Waals surface area contributed by atoms with Crippen LogP contribution in [0.15, 0.2) is 72.8 Å². The van der Waals surface area contributed by atoms with Crippen molar-refractivity contribution in [3.8, 4) is 17.2 Å². The third-order valence-corrected chi connectivity index (χ3v) is 12.1. The molecule has 4 heteroatoms. The average molecular weight is 731 g/mol. The summed E-state index contributed by atoms with van der Waals surface area (Å²) >= 11 is 0. The van der Waals surface area contributed by atoms with Crippen LogP contribution < -0.4 is 13.6 Å². The van der Waals surface area contributed by atoms with Gasteiger partial charge in [-0.3, -0.25) is 0 Å². The summed E-state index contributed by atoms with van der Waals surface area (Å²) in [6, 6.07) is 25.8. The molecule has 0 saturated heterocycles. The molecule has 3 atom stereocenters. The van der Waals surface area contributed by atoms with Crippen LogP contribution in [0.1, 0.15) is 174 Å². The van der Waals surface area contributed by atoms with E-state index in [1.165, 1.54) is 132 Å². The molecular weight excluding hydrogens is 655 g/mol. The molecule has 0 saturated carbocycles. The fraction of sp³-hybridized carbons (Fsp3) is 0.625. The molecule has 3 aromatic carbocycles. The van der Waals surface area contributed by atoms with E-state index in [2.05, 4.69) is 114 Å². The molecule has 0 aliphatic carbocycles. The van der Waals surface area contributed by atoms with Crippen molar-refractivity contribution in [2.75, 3.05) is 0 Å². The van der Waals surface area contributed by atoms with E-state index in [1.54, 1.807) is 0 Å². The minimum Gasteiger partial charge on any atom is -0.408 e. The monoisotopic (exact) mass is 731 g/mol. The summed E-state index contributed by atoms with van der Waals surface area (Å²) in [4.78, 5) is 0. The normalized spacial score (nSPS) is 13.7. The first-order chi connectivity index (χ1) is 25.5. The highest BCUT2D eigenvalue weighted by Gasteiger charge is 2.25. The lowest BCUT2D eigenvalue weighted by Crippen LogP contribution is -2.10. The zero-order chi connectivity index (χ0) is 37.2. The fourth-order valence-corrected chi connectivity index (χ4v) is 8.57. The van der Waals surface area contributed by atoms with Gasteiger partial charge >= 0.3 is 8.60 Å². The number of benzene rings is 3. The number of para-hydroxylation sites is 3. The molecule has 3 nitrogen and oxygen atoms in total. The Morgan fingerprint density at radius 1 is 0.385 bits per heavy atom. The maximum absolute atomic E-state index is 6.92. The van der Waals surface area contributed by atoms with E-state index in [4.69, 9.17) is 13.6 Å². The topological polar surface area (TPSA) is 27.7 Å². The Balaban J connectivity index is 1.89. The van der Waals surface area contributed by atoms with Crippen molar-refractivity contribution in [2.45, 2.75) is 176 Å². The van der Waals surface area contributed by atoms with Crippen molar-refractivity contribution in [1.29, 1.82) is 0 Å². The van der Waals surface area contributed by atoms with Gasteiger partial charge in [-0.2, -0.15) is 0 Å². The molecule has 3 aromatic rings. The Bertz CT molecular complexity index is 1160. The molecule has 0 bridgehead atoms. The Labute approximate surface area is 322 Å². The largest absolute Gasteiger partial charge is 0.530 e. The molecule has 290 valence electrons. The second-order valence-electron chi connectivity index (χ2n) is 15.3. The molecule has 0 heterocycles. The van der Waals surface area contributed by atoms with Gasteiger partial charge in [0, 0.05) is 0 Å². The molecule has 0 fully saturated rings. The summed E-state index contributed by atoms with van der Waals surface area (Å²) in [6.07, 6.45) is 26.1. The van der Waals surface area contributed by atoms with Crippen LogP contribution in [0, 0.1) is 17.8 Å². The predicted octanol–water partition coefficient (Wildman–Crippen LogP) is 16.1. The van der Waals surface area contributed by atoms with Crippen LogP contribution in [0.25, 0.3) is 0 Å². The summed E-state index contributed by atoms with van der Waals surface area (Å²) in [5.74, 6) is 4.59. The maximum Gasteiger partial charge on any atom is 0.530 e. The van der Waals surface area contributed by atoms with Crippen molar-refractivity contribution >= 4 is 8.60 Å². The van der Waals surface area contributed by atoms with Gasteiger partial charge in [-0.25, -0.2) is 0 Å². The molecule has 52 heavy (non-hydrogen) atoms. The summed E-state index contributed by atoms with van der Waals surface area (Å²) in [7, 11) is -1.77. The predicted molar refractivity (Wildman–Crippen MR) is 227 cm³/mol. The summed E-state index contributed by atoms with van der Waals surface area (Å²) < 4.78 is 20.8. The Morgan fingerprint density at radius 3 is 0.942 bits per heavy atom. The lowest BCUT2D eigenvalue weighted by atomic mass is 9.91. The van der Waals surface area contributed by atoms with Crippen LogP contribution in [0.2, 0.25) is 0 Å². The van der Waals surface area contributed by atoms with Crippen molar-refractivity contribution in [1.82, 2.24) is 0 Å². The molecule has 0 aromatic heterocycles. The zero-order valence-corrected chi connectivity index (χ0v) is 35.1. The van der Waals surface area contributed by atoms with Gasteiger partial charge in [0.2, 0.25) is 0 Å². The highest BCUT2D eigenvalue weighted by atomic mass is 31.2. The zero-order valence-electron chi connectivity index (χ0n) is 34.2. The van der Waals surface area contributed by atoms with Crippen LogP contribution in [0.3, 0.4) is 0 Å². The van der Waals surface area contributed by atoms with Crippen molar-refractivity contribution in [3.05, 3.63) is 89.5 Å². The minimum atomic E-state index is -1.77. The van der Waals surface area contributed by atoms with E-state index in [9.17, 15) is 0 Å². The van der Waals surface area contributed by atoms with E-state index in [-0.39, 0.29) is 0 Å². The molecule has 0 radical (unpaired) electrons. The molecule has 0 N–H and O–H groups in total. The standard InChI is InChI=1S/C48H75O3P/c1-7-13-16-19-28-40(10-4)37-43-31-22-25-34-46(43)49-52(50-47-35-26-23-32-44(47)38-41(11-5)29-20-17-14-8-2)51-48-36-27-24-33-45(48)39-42(12-6)30-21-18-15-9-3/h22-27,31-36,40-42H,7-21,28-30,37-39H2,1-6H3. The first-order valence-electron chi connectivity index (χ1n) is 21.6. The van der Waals surface area contributed by atoms with Gasteiger partial charge in [-0.05, 0) is 71.9 Å². The maximum atomic E-state index is 6.92. The smallest absolute Gasteiger partial charge is 0.408 e. The fourth-order valence-electron chi connectivity index (χ4n) is 7.45. The van der Waals surface area contributed by atoms with Gasteiger partial charge in [0.1, 0.15) is 17.2 Å². The number of unbranched alkanes of at least 4 members (excludes halogenated alkanes) is 9. The van der Waals surface area contributed by atoms with Crippen molar-refractivity contribution in [2.24, 2.45) is 17.8 Å². The quantitative estimate of drug-likeness (QED) is 0.0505. The highest BCUT2D eigenvalue weighted by molar-refractivity contribution is 7.43. The lowest BCUT2D eigenvalue weighted by Gasteiger charge is -2.24. The van der Waals surface area contributed by atoms with Gasteiger partial charge in [0.25, 0.3) is 0 Å². The van der Waals surface area contributed by atoms with E-state index >= 15 is 0 Å². The Morgan fingerprint density at radius 2 is 0.673 bits per heavy atom. The van der Waals surface area contributed by atoms with Crippen LogP contribution >= 0.6 is 8.60 Å². The van der Waals surface area contributed by atoms with Crippen LogP contribution in [-0.4, -0.2) is 0 Å².